The van der Waals surface area contributed by atoms with Gasteiger partial charge in [0.2, 0.25) is 0 Å². The lowest BCUT2D eigenvalue weighted by atomic mass is 9.95. The van der Waals surface area contributed by atoms with Crippen molar-refractivity contribution >= 4 is 29.0 Å². The molecule has 4 aromatic carbocycles. The van der Waals surface area contributed by atoms with Crippen molar-refractivity contribution in [3.63, 3.8) is 0 Å². The van der Waals surface area contributed by atoms with E-state index >= 15 is 0 Å². The van der Waals surface area contributed by atoms with Crippen LogP contribution < -0.4 is 9.47 Å². The lowest BCUT2D eigenvalue weighted by Crippen LogP contribution is -2.08. The van der Waals surface area contributed by atoms with E-state index < -0.39 is 0 Å². The largest absolute Gasteiger partial charge is 0.457 e. The van der Waals surface area contributed by atoms with Crippen molar-refractivity contribution in [2.45, 2.75) is 11.8 Å². The van der Waals surface area contributed by atoms with Gasteiger partial charge in [0.05, 0.1) is 0 Å². The average molecular weight is 463 g/mol. The van der Waals surface area contributed by atoms with E-state index in [0.29, 0.717) is 45.3 Å². The Kier molecular flexibility index (Phi) is 7.10. The van der Waals surface area contributed by atoms with Crippen LogP contribution in [0, 0.1) is 0 Å². The van der Waals surface area contributed by atoms with Crippen LogP contribution in [-0.4, -0.2) is 5.78 Å². The van der Waals surface area contributed by atoms with Crippen molar-refractivity contribution in [1.29, 1.82) is 0 Å². The summed E-state index contributed by atoms with van der Waals surface area (Å²) < 4.78 is 11.7. The maximum absolute atomic E-state index is 13.3. The Morgan fingerprint density at radius 3 is 1.34 bits per heavy atom. The number of hydrogen-bond acceptors (Lipinski definition) is 3. The molecule has 4 rings (SSSR count). The molecule has 0 aromatic heterocycles. The number of carbonyl (C=O) groups excluding carboxylic acids is 1. The zero-order valence-corrected chi connectivity index (χ0v) is 18.6. The Labute approximate surface area is 197 Å². The summed E-state index contributed by atoms with van der Waals surface area (Å²) >= 11 is 12.3. The van der Waals surface area contributed by atoms with Gasteiger partial charge in [-0.2, -0.15) is 0 Å². The predicted octanol–water partition coefficient (Wildman–Crippen LogP) is 7.98. The highest BCUT2D eigenvalue weighted by Crippen LogP contribution is 2.29. The molecule has 0 saturated carbocycles. The van der Waals surface area contributed by atoms with Gasteiger partial charge in [0.1, 0.15) is 23.0 Å². The Bertz CT molecular complexity index is 1110. The molecular formula is C27H20Cl2O3. The van der Waals surface area contributed by atoms with Crippen LogP contribution in [0.15, 0.2) is 97.1 Å². The van der Waals surface area contributed by atoms with E-state index in [1.807, 2.05) is 60.7 Å². The van der Waals surface area contributed by atoms with Crippen molar-refractivity contribution in [1.82, 2.24) is 0 Å². The maximum Gasteiger partial charge on any atom is 0.193 e. The first-order valence-corrected chi connectivity index (χ1v) is 11.1. The van der Waals surface area contributed by atoms with Crippen LogP contribution in [0.1, 0.15) is 27.0 Å². The number of rotatable bonds is 8. The molecule has 32 heavy (non-hydrogen) atoms. The molecule has 0 heterocycles. The summed E-state index contributed by atoms with van der Waals surface area (Å²) in [6, 6.07) is 29.5. The second kappa shape index (κ2) is 10.4. The number of alkyl halides is 2. The molecule has 0 unspecified atom stereocenters. The summed E-state index contributed by atoms with van der Waals surface area (Å²) in [5.41, 5.74) is 2.41. The number of para-hydroxylation sites is 2. The third-order valence-corrected chi connectivity index (χ3v) is 5.46. The van der Waals surface area contributed by atoms with Gasteiger partial charge < -0.3 is 9.47 Å². The van der Waals surface area contributed by atoms with E-state index in [4.69, 9.17) is 32.7 Å². The standard InChI is InChI=1S/C27H20Cl2O3/c28-17-19-15-23(31-21-7-3-1-4-8-21)11-13-25(19)27(30)26-14-12-24(16-20(26)18-29)32-22-9-5-2-6-10-22/h1-16H,17-18H2. The number of ketones is 1. The molecule has 160 valence electrons. The summed E-state index contributed by atoms with van der Waals surface area (Å²) in [6.45, 7) is 0. The van der Waals surface area contributed by atoms with E-state index in [-0.39, 0.29) is 17.5 Å². The number of benzene rings is 4. The number of ether oxygens (including phenoxy) is 2. The molecule has 5 heteroatoms. The zero-order valence-electron chi connectivity index (χ0n) is 17.1. The second-order valence-electron chi connectivity index (χ2n) is 7.06. The first-order chi connectivity index (χ1) is 15.7. The third-order valence-electron chi connectivity index (χ3n) is 4.89. The lowest BCUT2D eigenvalue weighted by molar-refractivity contribution is 0.103. The van der Waals surface area contributed by atoms with E-state index in [0.717, 1.165) is 0 Å². The summed E-state index contributed by atoms with van der Waals surface area (Å²) in [5, 5.41) is 0. The molecule has 0 spiro atoms. The van der Waals surface area contributed by atoms with Crippen molar-refractivity contribution in [3.8, 4) is 23.0 Å². The van der Waals surface area contributed by atoms with Gasteiger partial charge >= 0.3 is 0 Å². The van der Waals surface area contributed by atoms with E-state index in [1.165, 1.54) is 0 Å². The van der Waals surface area contributed by atoms with Gasteiger partial charge in [0.15, 0.2) is 5.78 Å². The highest BCUT2D eigenvalue weighted by atomic mass is 35.5. The highest BCUT2D eigenvalue weighted by molar-refractivity contribution is 6.20. The van der Waals surface area contributed by atoms with Gasteiger partial charge in [0, 0.05) is 22.9 Å². The third kappa shape index (κ3) is 5.13. The molecule has 0 saturated heterocycles. The van der Waals surface area contributed by atoms with E-state index in [1.54, 1.807) is 36.4 Å². The fourth-order valence-electron chi connectivity index (χ4n) is 3.33. The van der Waals surface area contributed by atoms with Gasteiger partial charge in [-0.05, 0) is 71.8 Å². The monoisotopic (exact) mass is 462 g/mol. The molecule has 0 fully saturated rings. The number of hydrogen-bond donors (Lipinski definition) is 0. The average Bonchev–Trinajstić information content (AvgIpc) is 2.84. The molecule has 4 aromatic rings. The normalized spacial score (nSPS) is 10.6. The van der Waals surface area contributed by atoms with Crippen LogP contribution in [-0.2, 0) is 11.8 Å². The van der Waals surface area contributed by atoms with E-state index in [9.17, 15) is 4.79 Å². The summed E-state index contributed by atoms with van der Waals surface area (Å²) in [6.07, 6.45) is 0. The van der Waals surface area contributed by atoms with Gasteiger partial charge in [-0.15, -0.1) is 23.2 Å². The number of halogens is 2. The van der Waals surface area contributed by atoms with Crippen LogP contribution in [0.5, 0.6) is 23.0 Å². The molecule has 0 N–H and O–H groups in total. The Balaban J connectivity index is 1.60. The minimum Gasteiger partial charge on any atom is -0.457 e. The Hall–Kier alpha value is -3.27. The molecule has 0 atom stereocenters. The van der Waals surface area contributed by atoms with Gasteiger partial charge in [-0.1, -0.05) is 36.4 Å². The van der Waals surface area contributed by atoms with Crippen LogP contribution >= 0.6 is 23.2 Å². The van der Waals surface area contributed by atoms with Gasteiger partial charge in [-0.3, -0.25) is 4.79 Å². The summed E-state index contributed by atoms with van der Waals surface area (Å²) in [7, 11) is 0. The molecule has 0 aliphatic rings. The van der Waals surface area contributed by atoms with Crippen molar-refractivity contribution in [2.75, 3.05) is 0 Å². The number of carbonyl (C=O) groups is 1. The van der Waals surface area contributed by atoms with Crippen LogP contribution in [0.2, 0.25) is 0 Å². The first-order valence-electron chi connectivity index (χ1n) is 10.1. The first kappa shape index (κ1) is 21.9. The molecule has 0 aliphatic carbocycles. The molecule has 0 aliphatic heterocycles. The van der Waals surface area contributed by atoms with Crippen LogP contribution in [0.4, 0.5) is 0 Å². The highest BCUT2D eigenvalue weighted by Gasteiger charge is 2.18. The smallest absolute Gasteiger partial charge is 0.193 e. The molecule has 0 amide bonds. The maximum atomic E-state index is 13.3. The minimum atomic E-state index is -0.145. The van der Waals surface area contributed by atoms with Crippen LogP contribution in [0.3, 0.4) is 0 Å². The lowest BCUT2D eigenvalue weighted by Gasteiger charge is -2.13. The quantitative estimate of drug-likeness (QED) is 0.196. The molecular weight excluding hydrogens is 443 g/mol. The Morgan fingerprint density at radius 1 is 0.562 bits per heavy atom. The molecule has 0 radical (unpaired) electrons. The second-order valence-corrected chi connectivity index (χ2v) is 7.60. The minimum absolute atomic E-state index is 0.145. The van der Waals surface area contributed by atoms with Gasteiger partial charge in [-0.25, -0.2) is 0 Å². The van der Waals surface area contributed by atoms with Gasteiger partial charge in [0.25, 0.3) is 0 Å². The zero-order chi connectivity index (χ0) is 22.3. The molecule has 0 bridgehead atoms. The summed E-state index contributed by atoms with van der Waals surface area (Å²) in [5.74, 6) is 2.88. The molecule has 3 nitrogen and oxygen atoms in total. The SMILES string of the molecule is O=C(c1ccc(Oc2ccccc2)cc1CCl)c1ccc(Oc2ccccc2)cc1CCl. The van der Waals surface area contributed by atoms with Crippen molar-refractivity contribution < 1.29 is 14.3 Å². The predicted molar refractivity (Wildman–Crippen MR) is 128 cm³/mol. The van der Waals surface area contributed by atoms with Crippen molar-refractivity contribution in [3.05, 3.63) is 119 Å². The summed E-state index contributed by atoms with van der Waals surface area (Å²) in [4.78, 5) is 13.3. The van der Waals surface area contributed by atoms with Crippen LogP contribution in [0.25, 0.3) is 0 Å². The Morgan fingerprint density at radius 2 is 0.969 bits per heavy atom. The van der Waals surface area contributed by atoms with Crippen molar-refractivity contribution in [2.24, 2.45) is 0 Å². The van der Waals surface area contributed by atoms with E-state index in [2.05, 4.69) is 0 Å². The fraction of sp³-hybridized carbons (Fsp3) is 0.0741. The topological polar surface area (TPSA) is 35.5 Å². The fourth-order valence-corrected chi connectivity index (χ4v) is 3.77.